The molecule has 5 rings (SSSR count). The van der Waals surface area contributed by atoms with Crippen LogP contribution in [0.1, 0.15) is 21.5 Å². The first kappa shape index (κ1) is 24.2. The smallest absolute Gasteiger partial charge is 0.366 e. The van der Waals surface area contributed by atoms with Gasteiger partial charge in [-0.15, -0.1) is 0 Å². The van der Waals surface area contributed by atoms with E-state index < -0.39 is 23.5 Å². The zero-order valence-electron chi connectivity index (χ0n) is 18.3. The quantitative estimate of drug-likeness (QED) is 0.234. The Kier molecular flexibility index (Phi) is 5.93. The zero-order chi connectivity index (χ0) is 25.8. The van der Waals surface area contributed by atoms with E-state index in [0.29, 0.717) is 43.5 Å². The molecular weight excluding hydrogens is 515 g/mol. The van der Waals surface area contributed by atoms with Gasteiger partial charge in [0.15, 0.2) is 0 Å². The molecule has 5 aromatic rings. The molecule has 0 radical (unpaired) electrons. The molecule has 0 bridgehead atoms. The van der Waals surface area contributed by atoms with E-state index >= 15 is 0 Å². The molecule has 0 saturated heterocycles. The average Bonchev–Trinajstić information content (AvgIpc) is 3.12. The summed E-state index contributed by atoms with van der Waals surface area (Å²) < 4.78 is 55.7. The number of alkyl halides is 3. The minimum Gasteiger partial charge on any atom is -0.366 e. The Morgan fingerprint density at radius 1 is 0.917 bits per heavy atom. The Hall–Kier alpha value is -3.55. The lowest BCUT2D eigenvalue weighted by atomic mass is 10.0. The van der Waals surface area contributed by atoms with Crippen molar-refractivity contribution in [2.24, 2.45) is 5.73 Å². The monoisotopic (exact) mass is 530 g/mol. The van der Waals surface area contributed by atoms with Crippen LogP contribution in [0.4, 0.5) is 17.6 Å². The SMILES string of the molecule is NC(=O)c1cccc2c1c1ccc(-c3ccc(Cl)cc3Cl)cc1n2Cc1ccc(C(F)(F)F)cc1F. The molecule has 0 aliphatic rings. The van der Waals surface area contributed by atoms with Gasteiger partial charge in [-0.2, -0.15) is 13.2 Å². The third-order valence-electron chi connectivity index (χ3n) is 6.11. The number of nitrogens with two attached hydrogens (primary N) is 1. The van der Waals surface area contributed by atoms with E-state index in [1.807, 2.05) is 18.2 Å². The Balaban J connectivity index is 1.76. The summed E-state index contributed by atoms with van der Waals surface area (Å²) in [7, 11) is 0. The maximum Gasteiger partial charge on any atom is 0.416 e. The number of primary amides is 1. The number of carbonyl (C=O) groups excluding carboxylic acids is 1. The topological polar surface area (TPSA) is 48.0 Å². The molecule has 0 atom stereocenters. The van der Waals surface area contributed by atoms with E-state index in [1.54, 1.807) is 41.0 Å². The molecule has 1 aromatic heterocycles. The lowest BCUT2D eigenvalue weighted by Crippen LogP contribution is -2.11. The van der Waals surface area contributed by atoms with Gasteiger partial charge in [-0.05, 0) is 48.0 Å². The predicted octanol–water partition coefficient (Wildman–Crippen LogP) is 8.07. The van der Waals surface area contributed by atoms with Crippen molar-refractivity contribution in [3.8, 4) is 11.1 Å². The maximum absolute atomic E-state index is 14.8. The van der Waals surface area contributed by atoms with Crippen LogP contribution in [0.5, 0.6) is 0 Å². The van der Waals surface area contributed by atoms with Gasteiger partial charge in [-0.25, -0.2) is 4.39 Å². The van der Waals surface area contributed by atoms with Crippen LogP contribution in [0, 0.1) is 5.82 Å². The standard InChI is InChI=1S/C27H16Cl2F4N2O/c28-17-7-9-18(21(29)12-17)14-5-8-19-24(10-14)35(23-3-1-2-20(25(19)23)26(34)36)13-15-4-6-16(11-22(15)30)27(31,32)33/h1-12H,13H2,(H2,34,36). The fourth-order valence-electron chi connectivity index (χ4n) is 4.43. The largest absolute Gasteiger partial charge is 0.416 e. The Labute approximate surface area is 212 Å². The highest BCUT2D eigenvalue weighted by molar-refractivity contribution is 6.36. The molecule has 1 amide bonds. The van der Waals surface area contributed by atoms with Gasteiger partial charge in [0.05, 0.1) is 23.1 Å². The molecule has 0 aliphatic carbocycles. The van der Waals surface area contributed by atoms with Gasteiger partial charge < -0.3 is 10.3 Å². The second kappa shape index (κ2) is 8.84. The minimum atomic E-state index is -4.66. The minimum absolute atomic E-state index is 0.0567. The summed E-state index contributed by atoms with van der Waals surface area (Å²) in [6.07, 6.45) is -4.66. The van der Waals surface area contributed by atoms with Crippen molar-refractivity contribution in [2.45, 2.75) is 12.7 Å². The lowest BCUT2D eigenvalue weighted by Gasteiger charge is -2.12. The number of halogens is 6. The second-order valence-electron chi connectivity index (χ2n) is 8.31. The van der Waals surface area contributed by atoms with Crippen LogP contribution in [-0.2, 0) is 12.7 Å². The molecular formula is C27H16Cl2F4N2O. The highest BCUT2D eigenvalue weighted by atomic mass is 35.5. The Morgan fingerprint density at radius 3 is 2.36 bits per heavy atom. The average molecular weight is 531 g/mol. The van der Waals surface area contributed by atoms with Crippen LogP contribution in [0.2, 0.25) is 10.0 Å². The van der Waals surface area contributed by atoms with Crippen LogP contribution < -0.4 is 5.73 Å². The lowest BCUT2D eigenvalue weighted by molar-refractivity contribution is -0.137. The molecule has 3 nitrogen and oxygen atoms in total. The van der Waals surface area contributed by atoms with E-state index in [-0.39, 0.29) is 17.7 Å². The van der Waals surface area contributed by atoms with Crippen LogP contribution >= 0.6 is 23.2 Å². The first-order valence-corrected chi connectivity index (χ1v) is 11.5. The molecule has 2 N–H and O–H groups in total. The molecule has 9 heteroatoms. The highest BCUT2D eigenvalue weighted by Gasteiger charge is 2.31. The van der Waals surface area contributed by atoms with Crippen LogP contribution in [-0.4, -0.2) is 10.5 Å². The van der Waals surface area contributed by atoms with Crippen LogP contribution in [0.15, 0.2) is 72.8 Å². The Bertz CT molecular complexity index is 1670. The van der Waals surface area contributed by atoms with Gasteiger partial charge in [-0.1, -0.05) is 53.5 Å². The first-order valence-electron chi connectivity index (χ1n) is 10.7. The van der Waals surface area contributed by atoms with Crippen molar-refractivity contribution in [3.05, 3.63) is 105 Å². The molecule has 0 unspecified atom stereocenters. The zero-order valence-corrected chi connectivity index (χ0v) is 19.8. The third kappa shape index (κ3) is 4.18. The summed E-state index contributed by atoms with van der Waals surface area (Å²) in [6.45, 7) is -0.0794. The Morgan fingerprint density at radius 2 is 1.69 bits per heavy atom. The predicted molar refractivity (Wildman–Crippen MR) is 134 cm³/mol. The number of carbonyl (C=O) groups is 1. The van der Waals surface area contributed by atoms with Gasteiger partial charge in [0.25, 0.3) is 0 Å². The number of fused-ring (bicyclic) bond motifs is 3. The van der Waals surface area contributed by atoms with Gasteiger partial charge >= 0.3 is 6.18 Å². The van der Waals surface area contributed by atoms with E-state index in [2.05, 4.69) is 0 Å². The van der Waals surface area contributed by atoms with Gasteiger partial charge in [0.1, 0.15) is 5.82 Å². The van der Waals surface area contributed by atoms with E-state index in [9.17, 15) is 22.4 Å². The number of aromatic nitrogens is 1. The summed E-state index contributed by atoms with van der Waals surface area (Å²) in [5, 5.41) is 2.15. The number of rotatable bonds is 4. The molecule has 4 aromatic carbocycles. The fraction of sp³-hybridized carbons (Fsp3) is 0.0741. The van der Waals surface area contributed by atoms with Crippen molar-refractivity contribution in [1.82, 2.24) is 4.57 Å². The summed E-state index contributed by atoms with van der Waals surface area (Å²) in [5.41, 5.74) is 7.54. The van der Waals surface area contributed by atoms with E-state index in [1.165, 1.54) is 0 Å². The van der Waals surface area contributed by atoms with Gasteiger partial charge in [0, 0.05) is 37.5 Å². The summed E-state index contributed by atoms with van der Waals surface area (Å²) in [6, 6.07) is 18.0. The third-order valence-corrected chi connectivity index (χ3v) is 6.66. The highest BCUT2D eigenvalue weighted by Crippen LogP contribution is 2.38. The number of nitrogens with zero attached hydrogens (tertiary/aromatic N) is 1. The molecule has 0 saturated carbocycles. The molecule has 182 valence electrons. The molecule has 36 heavy (non-hydrogen) atoms. The van der Waals surface area contributed by atoms with Crippen LogP contribution in [0.3, 0.4) is 0 Å². The summed E-state index contributed by atoms with van der Waals surface area (Å²) in [4.78, 5) is 12.2. The number of hydrogen-bond donors (Lipinski definition) is 1. The summed E-state index contributed by atoms with van der Waals surface area (Å²) in [5.74, 6) is -1.62. The second-order valence-corrected chi connectivity index (χ2v) is 9.15. The van der Waals surface area contributed by atoms with Crippen LogP contribution in [0.25, 0.3) is 32.9 Å². The van der Waals surface area contributed by atoms with Crippen molar-refractivity contribution in [2.75, 3.05) is 0 Å². The molecule has 0 aliphatic heterocycles. The van der Waals surface area contributed by atoms with Gasteiger partial charge in [0.2, 0.25) is 5.91 Å². The molecule has 1 heterocycles. The maximum atomic E-state index is 14.8. The van der Waals surface area contributed by atoms with E-state index in [0.717, 1.165) is 17.7 Å². The van der Waals surface area contributed by atoms with Crippen molar-refractivity contribution < 1.29 is 22.4 Å². The van der Waals surface area contributed by atoms with Crippen molar-refractivity contribution in [3.63, 3.8) is 0 Å². The molecule has 0 fully saturated rings. The fourth-order valence-corrected chi connectivity index (χ4v) is 4.95. The van der Waals surface area contributed by atoms with Gasteiger partial charge in [-0.3, -0.25) is 4.79 Å². The summed E-state index contributed by atoms with van der Waals surface area (Å²) >= 11 is 12.4. The first-order chi connectivity index (χ1) is 17.0. The van der Waals surface area contributed by atoms with Crippen molar-refractivity contribution in [1.29, 1.82) is 0 Å². The number of amides is 1. The molecule has 0 spiro atoms. The van der Waals surface area contributed by atoms with Crippen molar-refractivity contribution >= 4 is 50.9 Å². The number of hydrogen-bond acceptors (Lipinski definition) is 1. The van der Waals surface area contributed by atoms with E-state index in [4.69, 9.17) is 28.9 Å². The normalized spacial score (nSPS) is 11.9. The number of benzene rings is 4.